The van der Waals surface area contributed by atoms with Crippen LogP contribution in [0.4, 0.5) is 0 Å². The van der Waals surface area contributed by atoms with Gasteiger partial charge in [-0.15, -0.1) is 24.0 Å². The minimum atomic E-state index is 0. The van der Waals surface area contributed by atoms with Gasteiger partial charge >= 0.3 is 0 Å². The zero-order valence-corrected chi connectivity index (χ0v) is 20.8. The number of nitrogens with zero attached hydrogens (tertiary/aromatic N) is 2. The Bertz CT molecular complexity index is 736. The van der Waals surface area contributed by atoms with Gasteiger partial charge in [0.2, 0.25) is 0 Å². The Morgan fingerprint density at radius 1 is 1.07 bits per heavy atom. The summed E-state index contributed by atoms with van der Waals surface area (Å²) < 4.78 is 10.9. The lowest BCUT2D eigenvalue weighted by atomic mass is 10.1. The van der Waals surface area contributed by atoms with Crippen molar-refractivity contribution < 1.29 is 9.15 Å². The molecular weight excluding hydrogens is 511 g/mol. The third-order valence-electron chi connectivity index (χ3n) is 4.87. The molecule has 3 rings (SSSR count). The molecule has 1 aliphatic rings. The minimum absolute atomic E-state index is 0. The Kier molecular flexibility index (Phi) is 12.3. The summed E-state index contributed by atoms with van der Waals surface area (Å²) in [6, 6.07) is 12.5. The Hall–Kier alpha value is -1.23. The molecule has 1 saturated heterocycles. The number of thioether (sulfide) groups is 1. The number of halogens is 1. The van der Waals surface area contributed by atoms with Gasteiger partial charge in [0.1, 0.15) is 5.76 Å². The van der Waals surface area contributed by atoms with Gasteiger partial charge in [-0.05, 0) is 29.5 Å². The number of furan rings is 1. The Balaban J connectivity index is 0.00000320. The number of hydrogen-bond donors (Lipinski definition) is 2. The lowest BCUT2D eigenvalue weighted by Crippen LogP contribution is -2.39. The van der Waals surface area contributed by atoms with Gasteiger partial charge in [0.15, 0.2) is 5.96 Å². The molecular formula is C22H33IN4O2S. The van der Waals surface area contributed by atoms with Crippen LogP contribution in [0.5, 0.6) is 0 Å². The maximum atomic E-state index is 5.47. The van der Waals surface area contributed by atoms with Crippen molar-refractivity contribution in [2.24, 2.45) is 4.99 Å². The van der Waals surface area contributed by atoms with E-state index in [2.05, 4.69) is 46.1 Å². The molecule has 2 aromatic rings. The van der Waals surface area contributed by atoms with Crippen LogP contribution in [0.15, 0.2) is 52.1 Å². The van der Waals surface area contributed by atoms with Crippen molar-refractivity contribution in [3.63, 3.8) is 0 Å². The van der Waals surface area contributed by atoms with Crippen molar-refractivity contribution in [3.05, 3.63) is 59.5 Å². The van der Waals surface area contributed by atoms with Gasteiger partial charge in [-0.1, -0.05) is 24.3 Å². The first kappa shape index (κ1) is 25.0. The molecule has 1 aromatic carbocycles. The van der Waals surface area contributed by atoms with Crippen LogP contribution >= 0.6 is 35.7 Å². The highest BCUT2D eigenvalue weighted by atomic mass is 127. The average molecular weight is 545 g/mol. The van der Waals surface area contributed by atoms with Gasteiger partial charge in [-0.25, -0.2) is 4.99 Å². The topological polar surface area (TPSA) is 62.0 Å². The third-order valence-corrected chi connectivity index (χ3v) is 5.48. The molecule has 1 aliphatic heterocycles. The van der Waals surface area contributed by atoms with Gasteiger partial charge in [0.25, 0.3) is 0 Å². The third kappa shape index (κ3) is 8.87. The van der Waals surface area contributed by atoms with E-state index >= 15 is 0 Å². The second-order valence-corrected chi connectivity index (χ2v) is 7.98. The van der Waals surface area contributed by atoms with Gasteiger partial charge in [-0.2, -0.15) is 11.8 Å². The molecule has 8 heteroatoms. The molecule has 0 saturated carbocycles. The van der Waals surface area contributed by atoms with Crippen LogP contribution in [0, 0.1) is 0 Å². The Morgan fingerprint density at radius 2 is 1.83 bits per heavy atom. The Labute approximate surface area is 201 Å². The molecule has 0 spiro atoms. The molecule has 1 aromatic heterocycles. The van der Waals surface area contributed by atoms with E-state index in [4.69, 9.17) is 14.1 Å². The van der Waals surface area contributed by atoms with Crippen LogP contribution in [0.3, 0.4) is 0 Å². The molecule has 1 fully saturated rings. The van der Waals surface area contributed by atoms with Gasteiger partial charge in [0.05, 0.1) is 26.0 Å². The van der Waals surface area contributed by atoms with Crippen molar-refractivity contribution in [2.45, 2.75) is 19.5 Å². The monoisotopic (exact) mass is 544 g/mol. The zero-order chi connectivity index (χ0) is 20.2. The lowest BCUT2D eigenvalue weighted by Gasteiger charge is -2.27. The number of nitrogens with one attached hydrogen (secondary N) is 2. The fourth-order valence-electron chi connectivity index (χ4n) is 3.24. The summed E-state index contributed by atoms with van der Waals surface area (Å²) in [4.78, 5) is 7.30. The molecule has 6 nitrogen and oxygen atoms in total. The van der Waals surface area contributed by atoms with Gasteiger partial charge in [0, 0.05) is 44.9 Å². The molecule has 0 amide bonds. The van der Waals surface area contributed by atoms with Crippen molar-refractivity contribution in [1.29, 1.82) is 0 Å². The highest BCUT2D eigenvalue weighted by Gasteiger charge is 2.12. The first-order chi connectivity index (χ1) is 14.3. The lowest BCUT2D eigenvalue weighted by molar-refractivity contribution is 0.0341. The average Bonchev–Trinajstić information content (AvgIpc) is 3.27. The van der Waals surface area contributed by atoms with Crippen LogP contribution in [0.1, 0.15) is 16.9 Å². The molecule has 2 heterocycles. The van der Waals surface area contributed by atoms with Gasteiger partial charge in [-0.3, -0.25) is 4.90 Å². The minimum Gasteiger partial charge on any atom is -0.469 e. The summed E-state index contributed by atoms with van der Waals surface area (Å²) in [6.07, 6.45) is 4.67. The van der Waals surface area contributed by atoms with E-state index in [1.54, 1.807) is 6.26 Å². The van der Waals surface area contributed by atoms with E-state index in [1.807, 2.05) is 23.9 Å². The Morgan fingerprint density at radius 3 is 2.57 bits per heavy atom. The predicted octanol–water partition coefficient (Wildman–Crippen LogP) is 3.37. The number of benzene rings is 1. The highest BCUT2D eigenvalue weighted by molar-refractivity contribution is 14.0. The maximum absolute atomic E-state index is 5.47. The smallest absolute Gasteiger partial charge is 0.191 e. The zero-order valence-electron chi connectivity index (χ0n) is 17.6. The van der Waals surface area contributed by atoms with E-state index in [9.17, 15) is 0 Å². The van der Waals surface area contributed by atoms with Crippen molar-refractivity contribution >= 4 is 41.7 Å². The number of guanidine groups is 1. The summed E-state index contributed by atoms with van der Waals surface area (Å²) in [7, 11) is 0. The van der Waals surface area contributed by atoms with E-state index in [0.29, 0.717) is 6.54 Å². The summed E-state index contributed by atoms with van der Waals surface area (Å²) in [6.45, 7) is 6.93. The van der Waals surface area contributed by atoms with E-state index in [1.165, 1.54) is 11.1 Å². The van der Waals surface area contributed by atoms with Gasteiger partial charge < -0.3 is 19.8 Å². The van der Waals surface area contributed by atoms with Crippen molar-refractivity contribution in [2.75, 3.05) is 51.4 Å². The number of ether oxygens (including phenoxy) is 1. The summed E-state index contributed by atoms with van der Waals surface area (Å²) >= 11 is 1.83. The normalized spacial score (nSPS) is 14.9. The first-order valence-corrected chi connectivity index (χ1v) is 11.6. The largest absolute Gasteiger partial charge is 0.469 e. The second kappa shape index (κ2) is 14.7. The number of rotatable bonds is 10. The molecule has 2 N–H and O–H groups in total. The van der Waals surface area contributed by atoms with E-state index in [-0.39, 0.29) is 24.0 Å². The quantitative estimate of drug-likeness (QED) is 0.207. The molecule has 0 atom stereocenters. The highest BCUT2D eigenvalue weighted by Crippen LogP contribution is 2.14. The molecule has 0 aliphatic carbocycles. The summed E-state index contributed by atoms with van der Waals surface area (Å²) in [5, 5.41) is 6.86. The summed E-state index contributed by atoms with van der Waals surface area (Å²) in [5.41, 5.74) is 2.62. The number of hydrogen-bond acceptors (Lipinski definition) is 5. The van der Waals surface area contributed by atoms with Crippen molar-refractivity contribution in [1.82, 2.24) is 15.5 Å². The number of morpholine rings is 1. The van der Waals surface area contributed by atoms with Crippen LogP contribution in [-0.2, 0) is 24.2 Å². The molecule has 0 unspecified atom stereocenters. The van der Waals surface area contributed by atoms with Crippen LogP contribution in [0.25, 0.3) is 0 Å². The summed E-state index contributed by atoms with van der Waals surface area (Å²) in [5.74, 6) is 2.88. The van der Waals surface area contributed by atoms with Crippen LogP contribution in [0.2, 0.25) is 0 Å². The molecule has 0 radical (unpaired) electrons. The van der Waals surface area contributed by atoms with Crippen LogP contribution < -0.4 is 10.6 Å². The fraction of sp³-hybridized carbons (Fsp3) is 0.500. The van der Waals surface area contributed by atoms with Crippen molar-refractivity contribution in [3.8, 4) is 0 Å². The van der Waals surface area contributed by atoms with Crippen LogP contribution in [-0.4, -0.2) is 62.3 Å². The predicted molar refractivity (Wildman–Crippen MR) is 136 cm³/mol. The second-order valence-electron chi connectivity index (χ2n) is 7.00. The molecule has 166 valence electrons. The number of aliphatic imine (C=N–C) groups is 1. The fourth-order valence-corrected chi connectivity index (χ4v) is 3.54. The SMILES string of the molecule is CSCCNC(=NCc1ccccc1CN1CCOCC1)NCCc1ccco1.I. The maximum Gasteiger partial charge on any atom is 0.191 e. The van der Waals surface area contributed by atoms with E-state index < -0.39 is 0 Å². The first-order valence-electron chi connectivity index (χ1n) is 10.3. The standard InChI is InChI=1S/C22H32N4O2S.HI/c1-29-16-10-24-22(23-9-8-21-7-4-13-28-21)25-17-19-5-2-3-6-20(19)18-26-11-14-27-15-12-26;/h2-7,13H,8-12,14-18H2,1H3,(H2,23,24,25);1H. The van der Waals surface area contributed by atoms with E-state index in [0.717, 1.165) is 69.8 Å². The molecule has 0 bridgehead atoms. The molecule has 30 heavy (non-hydrogen) atoms.